The second kappa shape index (κ2) is 20.0. The smallest absolute Gasteiger partial charge is 0.269 e. The van der Waals surface area contributed by atoms with E-state index < -0.39 is 5.41 Å². The van der Waals surface area contributed by atoms with Gasteiger partial charge in [0.2, 0.25) is 0 Å². The fourth-order valence-corrected chi connectivity index (χ4v) is 11.2. The maximum Gasteiger partial charge on any atom is 0.269 e. The first kappa shape index (κ1) is 50.9. The summed E-state index contributed by atoms with van der Waals surface area (Å²) in [4.78, 5) is 4.97. The summed E-state index contributed by atoms with van der Waals surface area (Å²) in [6.45, 7) is 25.2. The number of imidazole rings is 1. The Morgan fingerprint density at radius 1 is 0.481 bits per heavy atom. The highest BCUT2D eigenvalue weighted by atomic mass is 16.5. The molecule has 0 spiro atoms. The first-order chi connectivity index (χ1) is 36.9. The molecule has 8 aromatic carbocycles. The molecule has 0 bridgehead atoms. The summed E-state index contributed by atoms with van der Waals surface area (Å²) in [7, 11) is 0. The van der Waals surface area contributed by atoms with Crippen LogP contribution in [0.3, 0.4) is 0 Å². The van der Waals surface area contributed by atoms with Crippen molar-refractivity contribution < 1.29 is 9.30 Å². The number of nitrogens with zero attached hydrogens (tertiary/aromatic N) is 4. The van der Waals surface area contributed by atoms with Gasteiger partial charge in [-0.15, -0.1) is 0 Å². The Hall–Kier alpha value is -8.28. The Kier molecular flexibility index (Phi) is 13.2. The number of rotatable bonds is 13. The molecule has 0 aliphatic rings. The van der Waals surface area contributed by atoms with Crippen LogP contribution >= 0.6 is 0 Å². The van der Waals surface area contributed by atoms with Crippen LogP contribution in [0.5, 0.6) is 11.5 Å². The molecule has 0 fully saturated rings. The van der Waals surface area contributed by atoms with Gasteiger partial charge in [0.1, 0.15) is 17.3 Å². The van der Waals surface area contributed by atoms with Gasteiger partial charge in [0, 0.05) is 40.1 Å². The second-order valence-electron chi connectivity index (χ2n) is 23.6. The largest absolute Gasteiger partial charge is 0.458 e. The molecule has 77 heavy (non-hydrogen) atoms. The van der Waals surface area contributed by atoms with Crippen LogP contribution in [0.1, 0.15) is 127 Å². The molecule has 5 nitrogen and oxygen atoms in total. The van der Waals surface area contributed by atoms with E-state index in [0.717, 1.165) is 67.5 Å². The Morgan fingerprint density at radius 2 is 1.08 bits per heavy atom. The molecule has 0 radical (unpaired) electrons. The summed E-state index contributed by atoms with van der Waals surface area (Å²) in [5.74, 6) is 2.89. The van der Waals surface area contributed by atoms with E-state index >= 15 is 0 Å². The number of fused-ring (bicyclic) bond motifs is 3. The van der Waals surface area contributed by atoms with Crippen molar-refractivity contribution >= 4 is 21.8 Å². The molecule has 384 valence electrons. The lowest BCUT2D eigenvalue weighted by atomic mass is 9.77. The quantitative estimate of drug-likeness (QED) is 0.0852. The number of para-hydroxylation sites is 1. The number of hydrogen-bond acceptors (Lipinski definition) is 2. The average Bonchev–Trinajstić information content (AvgIpc) is 4.17. The zero-order chi connectivity index (χ0) is 53.8. The van der Waals surface area contributed by atoms with Gasteiger partial charge in [0.15, 0.2) is 0 Å². The van der Waals surface area contributed by atoms with E-state index in [0.29, 0.717) is 0 Å². The highest BCUT2D eigenvalue weighted by Gasteiger charge is 2.29. The highest BCUT2D eigenvalue weighted by Crippen LogP contribution is 2.42. The Morgan fingerprint density at radius 3 is 1.71 bits per heavy atom. The molecule has 0 aliphatic heterocycles. The van der Waals surface area contributed by atoms with Crippen molar-refractivity contribution in [1.29, 1.82) is 0 Å². The Balaban J connectivity index is 1.14. The number of hydrogen-bond donors (Lipinski definition) is 0. The van der Waals surface area contributed by atoms with Gasteiger partial charge in [-0.05, 0) is 134 Å². The lowest BCUT2D eigenvalue weighted by Crippen LogP contribution is -2.33. The predicted octanol–water partition coefficient (Wildman–Crippen LogP) is 18.4. The van der Waals surface area contributed by atoms with Gasteiger partial charge >= 0.3 is 0 Å². The van der Waals surface area contributed by atoms with E-state index in [4.69, 9.17) is 9.72 Å². The lowest BCUT2D eigenvalue weighted by Gasteiger charge is -2.28. The number of aromatic nitrogens is 4. The van der Waals surface area contributed by atoms with Crippen molar-refractivity contribution in [2.24, 2.45) is 0 Å². The molecule has 0 saturated carbocycles. The predicted molar refractivity (Wildman–Crippen MR) is 320 cm³/mol. The van der Waals surface area contributed by atoms with Crippen LogP contribution in [-0.4, -0.2) is 14.1 Å². The summed E-state index contributed by atoms with van der Waals surface area (Å²) in [6, 6.07) is 72.5. The molecule has 3 aromatic heterocycles. The Bertz CT molecular complexity index is 3900. The van der Waals surface area contributed by atoms with Crippen molar-refractivity contribution in [2.45, 2.75) is 104 Å². The van der Waals surface area contributed by atoms with E-state index in [1.54, 1.807) is 0 Å². The fourth-order valence-electron chi connectivity index (χ4n) is 11.2. The summed E-state index contributed by atoms with van der Waals surface area (Å²) in [5, 5.41) is 2.31. The van der Waals surface area contributed by atoms with E-state index in [1.165, 1.54) is 44.3 Å². The molecule has 0 atom stereocenters. The standard InChI is InChI=1S/C72H70N4O/c1-48(2)61-31-23-32-62(49(3)4)69(61)67-46-74(47-75(67)58-39-51(50-24-15-12-16-25-50)38-55(41-58)71(8,9)52-26-17-13-18-27-52)57-40-56(72(10,11)53-28-19-14-20-29-53)42-60(44-57)77-59-34-35-64-63-30-21-22-33-65(63)76(66(64)45-59)68-43-54(36-37-73-68)70(5,6)7/h12-46,48-49H,1-11H3. The van der Waals surface area contributed by atoms with Crippen LogP contribution in [0.4, 0.5) is 0 Å². The average molecular weight is 1010 g/mol. The third-order valence-corrected chi connectivity index (χ3v) is 15.9. The molecule has 3 heterocycles. The van der Waals surface area contributed by atoms with Crippen molar-refractivity contribution in [3.8, 4) is 51.1 Å². The minimum Gasteiger partial charge on any atom is -0.458 e. The van der Waals surface area contributed by atoms with E-state index in [-0.39, 0.29) is 22.7 Å². The Labute approximate surface area is 456 Å². The van der Waals surface area contributed by atoms with Gasteiger partial charge in [0.25, 0.3) is 6.33 Å². The van der Waals surface area contributed by atoms with Crippen molar-refractivity contribution in [3.05, 3.63) is 258 Å². The van der Waals surface area contributed by atoms with Crippen LogP contribution in [0, 0.1) is 6.33 Å². The zero-order valence-electron chi connectivity index (χ0n) is 46.6. The zero-order valence-corrected chi connectivity index (χ0v) is 46.6. The summed E-state index contributed by atoms with van der Waals surface area (Å²) in [6.07, 6.45) is 8.23. The number of ether oxygens (including phenoxy) is 1. The first-order valence-corrected chi connectivity index (χ1v) is 27.3. The summed E-state index contributed by atoms with van der Waals surface area (Å²) >= 11 is 0. The molecule has 0 amide bonds. The normalized spacial score (nSPS) is 12.3. The van der Waals surface area contributed by atoms with Gasteiger partial charge in [-0.1, -0.05) is 210 Å². The topological polar surface area (TPSA) is 35.9 Å². The van der Waals surface area contributed by atoms with Crippen LogP contribution in [0.15, 0.2) is 213 Å². The molecule has 0 unspecified atom stereocenters. The van der Waals surface area contributed by atoms with E-state index in [1.807, 2.05) is 6.20 Å². The molecule has 0 saturated heterocycles. The molecule has 0 aliphatic carbocycles. The van der Waals surface area contributed by atoms with Crippen LogP contribution in [0.25, 0.3) is 61.4 Å². The molecule has 11 aromatic rings. The fraction of sp³-hybridized carbons (Fsp3) is 0.222. The molecular weight excluding hydrogens is 937 g/mol. The van der Waals surface area contributed by atoms with Crippen LogP contribution in [0.2, 0.25) is 0 Å². The van der Waals surface area contributed by atoms with E-state index in [9.17, 15) is 0 Å². The summed E-state index contributed by atoms with van der Waals surface area (Å²) in [5.41, 5.74) is 16.6. The maximum absolute atomic E-state index is 7.18. The van der Waals surface area contributed by atoms with Crippen molar-refractivity contribution in [3.63, 3.8) is 0 Å². The van der Waals surface area contributed by atoms with Gasteiger partial charge in [-0.25, -0.2) is 4.98 Å². The van der Waals surface area contributed by atoms with Crippen molar-refractivity contribution in [2.75, 3.05) is 0 Å². The third-order valence-electron chi connectivity index (χ3n) is 15.9. The monoisotopic (exact) mass is 1010 g/mol. The first-order valence-electron chi connectivity index (χ1n) is 27.3. The molecular formula is C72H70N4O. The van der Waals surface area contributed by atoms with Crippen LogP contribution < -0.4 is 9.30 Å². The minimum absolute atomic E-state index is 0.0406. The van der Waals surface area contributed by atoms with Crippen molar-refractivity contribution in [1.82, 2.24) is 14.1 Å². The van der Waals surface area contributed by atoms with Gasteiger partial charge in [-0.3, -0.25) is 13.7 Å². The molecule has 11 rings (SSSR count). The lowest BCUT2D eigenvalue weighted by molar-refractivity contribution is -0.588. The van der Waals surface area contributed by atoms with Gasteiger partial charge in [-0.2, -0.15) is 0 Å². The molecule has 5 heteroatoms. The van der Waals surface area contributed by atoms with E-state index in [2.05, 4.69) is 303 Å². The maximum atomic E-state index is 7.18. The highest BCUT2D eigenvalue weighted by molar-refractivity contribution is 6.09. The SMILES string of the molecule is CC(C)c1cccc(C(C)C)c1-c1cn(-c2cc(Oc3ccc4c5ccccc5n(-c5cc(C(C)(C)C)ccn5)c4c3)cc(C(C)(C)c3ccccc3)c2)[c-][n+]1-c1cc(-c2ccccc2)cc(C(C)(C)c2ccccc2)c1. The van der Waals surface area contributed by atoms with Gasteiger partial charge in [0.05, 0.1) is 28.1 Å². The number of pyridine rings is 1. The second-order valence-corrected chi connectivity index (χ2v) is 23.6. The molecule has 0 N–H and O–H groups in total. The third kappa shape index (κ3) is 9.69. The summed E-state index contributed by atoms with van der Waals surface area (Å²) < 4.78 is 14.0. The minimum atomic E-state index is -0.390. The number of benzene rings is 8. The van der Waals surface area contributed by atoms with Gasteiger partial charge < -0.3 is 4.74 Å². The van der Waals surface area contributed by atoms with Crippen LogP contribution in [-0.2, 0) is 16.2 Å².